The quantitative estimate of drug-likeness (QED) is 0.553. The Kier molecular flexibility index (Phi) is 6.08. The minimum absolute atomic E-state index is 0.00631. The number of anilines is 1. The highest BCUT2D eigenvalue weighted by molar-refractivity contribution is 5.94. The van der Waals surface area contributed by atoms with Gasteiger partial charge in [-0.15, -0.1) is 0 Å². The summed E-state index contributed by atoms with van der Waals surface area (Å²) in [5.74, 6) is -0.0857. The number of amides is 1. The fourth-order valence-electron chi connectivity index (χ4n) is 1.61. The Balaban J connectivity index is 2.62. The molecule has 0 spiro atoms. The third-order valence-corrected chi connectivity index (χ3v) is 2.90. The van der Waals surface area contributed by atoms with Gasteiger partial charge in [-0.25, -0.2) is 0 Å². The fraction of sp³-hybridized carbons (Fsp3) is 0.462. The van der Waals surface area contributed by atoms with Gasteiger partial charge in [-0.2, -0.15) is 0 Å². The topological polar surface area (TPSA) is 75.9 Å². The van der Waals surface area contributed by atoms with Crippen LogP contribution in [0.1, 0.15) is 0 Å². The number of nitrogens with zero attached hydrogens (tertiary/aromatic N) is 3. The van der Waals surface area contributed by atoms with E-state index >= 15 is 0 Å². The zero-order valence-electron chi connectivity index (χ0n) is 11.9. The van der Waals surface area contributed by atoms with Crippen molar-refractivity contribution < 1.29 is 14.5 Å². The molecule has 0 radical (unpaired) electrons. The normalized spacial score (nSPS) is 10.6. The Morgan fingerprint density at radius 2 is 1.90 bits per heavy atom. The molecule has 0 aliphatic rings. The van der Waals surface area contributed by atoms with Crippen LogP contribution in [0, 0.1) is 10.1 Å². The number of nitro benzene ring substituents is 1. The van der Waals surface area contributed by atoms with Gasteiger partial charge < -0.3 is 9.64 Å². The molecule has 0 bridgehead atoms. The number of hydrogen-bond donors (Lipinski definition) is 0. The number of benzene rings is 1. The molecule has 0 aliphatic heterocycles. The summed E-state index contributed by atoms with van der Waals surface area (Å²) in [6, 6.07) is 5.89. The molecule has 1 aromatic carbocycles. The van der Waals surface area contributed by atoms with E-state index in [4.69, 9.17) is 4.74 Å². The van der Waals surface area contributed by atoms with Gasteiger partial charge in [-0.05, 0) is 19.2 Å². The Labute approximate surface area is 117 Å². The maximum Gasteiger partial charge on any atom is 0.269 e. The van der Waals surface area contributed by atoms with Crippen molar-refractivity contribution >= 4 is 17.3 Å². The first-order valence-corrected chi connectivity index (χ1v) is 6.14. The van der Waals surface area contributed by atoms with Gasteiger partial charge in [0.05, 0.1) is 18.1 Å². The van der Waals surface area contributed by atoms with Gasteiger partial charge in [0.2, 0.25) is 5.91 Å². The molecule has 0 saturated carbocycles. The first kappa shape index (κ1) is 16.1. The van der Waals surface area contributed by atoms with Crippen LogP contribution < -0.4 is 4.90 Å². The number of likely N-dealkylation sites (N-methyl/N-ethyl adjacent to an activating group) is 2. The summed E-state index contributed by atoms with van der Waals surface area (Å²) in [6.07, 6.45) is 0. The molecular weight excluding hydrogens is 262 g/mol. The van der Waals surface area contributed by atoms with Crippen molar-refractivity contribution in [2.45, 2.75) is 0 Å². The van der Waals surface area contributed by atoms with Crippen LogP contribution in [0.2, 0.25) is 0 Å². The lowest BCUT2D eigenvalue weighted by Gasteiger charge is -2.21. The molecule has 110 valence electrons. The van der Waals surface area contributed by atoms with Crippen molar-refractivity contribution in [2.24, 2.45) is 0 Å². The van der Waals surface area contributed by atoms with E-state index in [0.717, 1.165) is 0 Å². The number of ether oxygens (including phenoxy) is 1. The van der Waals surface area contributed by atoms with Crippen LogP contribution in [0.4, 0.5) is 11.4 Å². The zero-order valence-corrected chi connectivity index (χ0v) is 11.9. The van der Waals surface area contributed by atoms with Crippen molar-refractivity contribution in [2.75, 3.05) is 45.8 Å². The minimum Gasteiger partial charge on any atom is -0.383 e. The van der Waals surface area contributed by atoms with Gasteiger partial charge in [0.1, 0.15) is 0 Å². The van der Waals surface area contributed by atoms with Gasteiger partial charge in [0.15, 0.2) is 0 Å². The molecule has 0 N–H and O–H groups in total. The molecule has 20 heavy (non-hydrogen) atoms. The first-order chi connectivity index (χ1) is 9.45. The summed E-state index contributed by atoms with van der Waals surface area (Å²) >= 11 is 0. The van der Waals surface area contributed by atoms with Crippen LogP contribution in [0.5, 0.6) is 0 Å². The van der Waals surface area contributed by atoms with Crippen LogP contribution in [0.15, 0.2) is 24.3 Å². The molecule has 0 atom stereocenters. The molecule has 0 fully saturated rings. The summed E-state index contributed by atoms with van der Waals surface area (Å²) in [6.45, 7) is 1.48. The van der Waals surface area contributed by atoms with Crippen molar-refractivity contribution in [3.8, 4) is 0 Å². The number of nitro groups is 1. The molecule has 0 unspecified atom stereocenters. The number of carbonyl (C=O) groups is 1. The third kappa shape index (κ3) is 4.60. The third-order valence-electron chi connectivity index (χ3n) is 2.90. The number of methoxy groups -OCH3 is 1. The summed E-state index contributed by atoms with van der Waals surface area (Å²) in [4.78, 5) is 25.5. The van der Waals surface area contributed by atoms with Crippen molar-refractivity contribution in [1.82, 2.24) is 4.90 Å². The SMILES string of the molecule is COCCN(C)CC(=O)N(C)c1ccc([N+](=O)[O-])cc1. The summed E-state index contributed by atoms with van der Waals surface area (Å²) in [7, 11) is 5.09. The van der Waals surface area contributed by atoms with Gasteiger partial charge in [-0.1, -0.05) is 0 Å². The molecule has 0 heterocycles. The predicted octanol–water partition coefficient (Wildman–Crippen LogP) is 1.14. The Morgan fingerprint density at radius 3 is 2.40 bits per heavy atom. The average Bonchev–Trinajstić information content (AvgIpc) is 2.44. The summed E-state index contributed by atoms with van der Waals surface area (Å²) < 4.78 is 4.94. The molecule has 0 saturated heterocycles. The largest absolute Gasteiger partial charge is 0.383 e. The van der Waals surface area contributed by atoms with E-state index in [2.05, 4.69) is 0 Å². The second-order valence-corrected chi connectivity index (χ2v) is 4.46. The lowest BCUT2D eigenvalue weighted by Crippen LogP contribution is -2.37. The number of rotatable bonds is 7. The molecule has 0 aromatic heterocycles. The number of carbonyl (C=O) groups excluding carboxylic acids is 1. The molecule has 1 rings (SSSR count). The number of non-ortho nitro benzene ring substituents is 1. The van der Waals surface area contributed by atoms with Gasteiger partial charge in [0, 0.05) is 38.5 Å². The van der Waals surface area contributed by atoms with Crippen LogP contribution in [0.25, 0.3) is 0 Å². The van der Waals surface area contributed by atoms with Gasteiger partial charge >= 0.3 is 0 Å². The second kappa shape index (κ2) is 7.56. The molecule has 7 heteroatoms. The van der Waals surface area contributed by atoms with Crippen molar-refractivity contribution in [3.05, 3.63) is 34.4 Å². The van der Waals surface area contributed by atoms with E-state index in [0.29, 0.717) is 18.8 Å². The maximum absolute atomic E-state index is 12.0. The van der Waals surface area contributed by atoms with Crippen LogP contribution >= 0.6 is 0 Å². The molecule has 7 nitrogen and oxygen atoms in total. The van der Waals surface area contributed by atoms with E-state index in [1.807, 2.05) is 11.9 Å². The van der Waals surface area contributed by atoms with Crippen molar-refractivity contribution in [3.63, 3.8) is 0 Å². The van der Waals surface area contributed by atoms with E-state index in [9.17, 15) is 14.9 Å². The average molecular weight is 281 g/mol. The van der Waals surface area contributed by atoms with E-state index in [1.165, 1.54) is 17.0 Å². The lowest BCUT2D eigenvalue weighted by molar-refractivity contribution is -0.384. The Morgan fingerprint density at radius 1 is 1.30 bits per heavy atom. The van der Waals surface area contributed by atoms with Gasteiger partial charge in [-0.3, -0.25) is 19.8 Å². The van der Waals surface area contributed by atoms with E-state index in [1.54, 1.807) is 26.3 Å². The Bertz CT molecular complexity index is 461. The first-order valence-electron chi connectivity index (χ1n) is 6.14. The predicted molar refractivity (Wildman–Crippen MR) is 75.9 cm³/mol. The monoisotopic (exact) mass is 281 g/mol. The molecular formula is C13H19N3O4. The summed E-state index contributed by atoms with van der Waals surface area (Å²) in [5, 5.41) is 10.6. The Hall–Kier alpha value is -1.99. The summed E-state index contributed by atoms with van der Waals surface area (Å²) in [5.41, 5.74) is 0.632. The van der Waals surface area contributed by atoms with Crippen LogP contribution in [-0.4, -0.2) is 56.6 Å². The van der Waals surface area contributed by atoms with E-state index in [-0.39, 0.29) is 18.1 Å². The fourth-order valence-corrected chi connectivity index (χ4v) is 1.61. The van der Waals surface area contributed by atoms with Crippen LogP contribution in [-0.2, 0) is 9.53 Å². The van der Waals surface area contributed by atoms with Crippen molar-refractivity contribution in [1.29, 1.82) is 0 Å². The van der Waals surface area contributed by atoms with Gasteiger partial charge in [0.25, 0.3) is 5.69 Å². The highest BCUT2D eigenvalue weighted by Crippen LogP contribution is 2.18. The second-order valence-electron chi connectivity index (χ2n) is 4.46. The highest BCUT2D eigenvalue weighted by Gasteiger charge is 2.14. The molecule has 1 amide bonds. The van der Waals surface area contributed by atoms with E-state index < -0.39 is 4.92 Å². The zero-order chi connectivity index (χ0) is 15.1. The standard InChI is InChI=1S/C13H19N3O4/c1-14(8-9-20-3)10-13(17)15(2)11-4-6-12(7-5-11)16(18)19/h4-7H,8-10H2,1-3H3. The minimum atomic E-state index is -0.468. The highest BCUT2D eigenvalue weighted by atomic mass is 16.6. The molecule has 1 aromatic rings. The number of hydrogen-bond acceptors (Lipinski definition) is 5. The van der Waals surface area contributed by atoms with Crippen LogP contribution in [0.3, 0.4) is 0 Å². The lowest BCUT2D eigenvalue weighted by atomic mass is 10.2. The molecule has 0 aliphatic carbocycles. The smallest absolute Gasteiger partial charge is 0.269 e. The maximum atomic E-state index is 12.0.